The summed E-state index contributed by atoms with van der Waals surface area (Å²) in [6.45, 7) is 9.21. The molecule has 0 unspecified atom stereocenters. The smallest absolute Gasteiger partial charge is 0.00183 e. The zero-order chi connectivity index (χ0) is 6.53. The fourth-order valence-electron chi connectivity index (χ4n) is 1.32. The maximum absolute atomic E-state index is 5.38. The van der Waals surface area contributed by atoms with Crippen molar-refractivity contribution in [3.05, 3.63) is 6.92 Å². The molecule has 0 aliphatic carbocycles. The molecule has 0 aromatic carbocycles. The molecule has 1 aliphatic heterocycles. The van der Waals surface area contributed by atoms with Crippen molar-refractivity contribution in [3.8, 4) is 0 Å². The quantitative estimate of drug-likeness (QED) is 0.553. The second-order valence-corrected chi connectivity index (χ2v) is 2.69. The lowest BCUT2D eigenvalue weighted by Crippen LogP contribution is -2.19. The van der Waals surface area contributed by atoms with Gasteiger partial charge in [0.1, 0.15) is 0 Å². The number of likely N-dealkylation sites (tertiary alicyclic amines) is 1. The first-order valence-corrected chi connectivity index (χ1v) is 3.86. The van der Waals surface area contributed by atoms with Crippen molar-refractivity contribution in [2.75, 3.05) is 19.6 Å². The molecule has 0 aromatic rings. The van der Waals surface area contributed by atoms with Gasteiger partial charge < -0.3 is 4.90 Å². The average Bonchev–Trinajstić information content (AvgIpc) is 2.34. The first-order valence-electron chi connectivity index (χ1n) is 3.86. The second kappa shape index (κ2) is 3.89. The molecular formula is C8H15N. The minimum Gasteiger partial charge on any atom is -0.303 e. The molecule has 1 nitrogen and oxygen atoms in total. The zero-order valence-electron chi connectivity index (χ0n) is 5.97. The monoisotopic (exact) mass is 125 g/mol. The highest BCUT2D eigenvalue weighted by molar-refractivity contribution is 4.65. The van der Waals surface area contributed by atoms with Gasteiger partial charge in [-0.15, -0.1) is 0 Å². The Labute approximate surface area is 58.0 Å². The summed E-state index contributed by atoms with van der Waals surface area (Å²) in [6, 6.07) is 0. The van der Waals surface area contributed by atoms with E-state index in [1.165, 1.54) is 38.9 Å². The molecule has 1 rings (SSSR count). The third kappa shape index (κ3) is 2.35. The zero-order valence-corrected chi connectivity index (χ0v) is 5.97. The molecule has 9 heavy (non-hydrogen) atoms. The van der Waals surface area contributed by atoms with Crippen LogP contribution in [0, 0.1) is 6.92 Å². The molecule has 0 atom stereocenters. The predicted molar refractivity (Wildman–Crippen MR) is 39.2 cm³/mol. The number of unbranched alkanes of at least 4 members (excludes halogenated alkanes) is 1. The van der Waals surface area contributed by atoms with Crippen molar-refractivity contribution in [2.45, 2.75) is 25.7 Å². The summed E-state index contributed by atoms with van der Waals surface area (Å²) < 4.78 is 0. The van der Waals surface area contributed by atoms with Gasteiger partial charge in [0, 0.05) is 0 Å². The molecule has 2 radical (unpaired) electrons. The van der Waals surface area contributed by atoms with E-state index in [4.69, 9.17) is 6.92 Å². The Morgan fingerprint density at radius 2 is 1.89 bits per heavy atom. The number of rotatable bonds is 3. The van der Waals surface area contributed by atoms with Crippen LogP contribution >= 0.6 is 0 Å². The van der Waals surface area contributed by atoms with Crippen LogP contribution in [0.1, 0.15) is 25.7 Å². The van der Waals surface area contributed by atoms with Crippen LogP contribution in [0.25, 0.3) is 0 Å². The first kappa shape index (κ1) is 7.07. The van der Waals surface area contributed by atoms with Crippen LogP contribution in [-0.4, -0.2) is 24.5 Å². The fraction of sp³-hybridized carbons (Fsp3) is 0.875. The fourth-order valence-corrected chi connectivity index (χ4v) is 1.32. The van der Waals surface area contributed by atoms with E-state index in [1.54, 1.807) is 0 Å². The molecule has 1 heteroatoms. The van der Waals surface area contributed by atoms with Gasteiger partial charge in [0.05, 0.1) is 0 Å². The topological polar surface area (TPSA) is 3.24 Å². The van der Waals surface area contributed by atoms with Crippen LogP contribution < -0.4 is 0 Å². The van der Waals surface area contributed by atoms with Crippen molar-refractivity contribution in [1.82, 2.24) is 4.90 Å². The van der Waals surface area contributed by atoms with E-state index in [0.717, 1.165) is 6.42 Å². The van der Waals surface area contributed by atoms with Crippen LogP contribution in [0.15, 0.2) is 0 Å². The molecule has 0 saturated carbocycles. The third-order valence-electron chi connectivity index (χ3n) is 1.88. The molecule has 0 amide bonds. The van der Waals surface area contributed by atoms with Gasteiger partial charge in [-0.05, 0) is 52.2 Å². The van der Waals surface area contributed by atoms with Gasteiger partial charge in [0.25, 0.3) is 0 Å². The molecule has 1 aliphatic rings. The lowest BCUT2D eigenvalue weighted by molar-refractivity contribution is 0.335. The number of hydrogen-bond acceptors (Lipinski definition) is 1. The van der Waals surface area contributed by atoms with E-state index in [2.05, 4.69) is 4.90 Å². The highest BCUT2D eigenvalue weighted by Gasteiger charge is 2.09. The van der Waals surface area contributed by atoms with Crippen molar-refractivity contribution in [2.24, 2.45) is 0 Å². The van der Waals surface area contributed by atoms with Crippen LogP contribution in [-0.2, 0) is 0 Å². The predicted octanol–water partition coefficient (Wildman–Crippen LogP) is 1.57. The van der Waals surface area contributed by atoms with E-state index in [-0.39, 0.29) is 0 Å². The van der Waals surface area contributed by atoms with E-state index in [9.17, 15) is 0 Å². The third-order valence-corrected chi connectivity index (χ3v) is 1.88. The maximum Gasteiger partial charge on any atom is -0.00183 e. The summed E-state index contributed by atoms with van der Waals surface area (Å²) >= 11 is 0. The van der Waals surface area contributed by atoms with Gasteiger partial charge in [-0.25, -0.2) is 0 Å². The Morgan fingerprint density at radius 1 is 1.22 bits per heavy atom. The van der Waals surface area contributed by atoms with Crippen LogP contribution in [0.3, 0.4) is 0 Å². The van der Waals surface area contributed by atoms with Gasteiger partial charge in [0.2, 0.25) is 0 Å². The van der Waals surface area contributed by atoms with E-state index < -0.39 is 0 Å². The summed E-state index contributed by atoms with van der Waals surface area (Å²) in [4.78, 5) is 2.49. The number of nitrogens with zero attached hydrogens (tertiary/aromatic N) is 1. The molecule has 1 fully saturated rings. The van der Waals surface area contributed by atoms with Gasteiger partial charge in [-0.3, -0.25) is 0 Å². The molecule has 1 saturated heterocycles. The van der Waals surface area contributed by atoms with E-state index >= 15 is 0 Å². The average molecular weight is 125 g/mol. The SMILES string of the molecule is [CH]CCCN1CCCC1. The molecule has 0 N–H and O–H groups in total. The highest BCUT2D eigenvalue weighted by atomic mass is 15.1. The lowest BCUT2D eigenvalue weighted by Gasteiger charge is -2.12. The Hall–Kier alpha value is -0.0400. The summed E-state index contributed by atoms with van der Waals surface area (Å²) in [7, 11) is 0. The molecule has 0 aromatic heterocycles. The second-order valence-electron chi connectivity index (χ2n) is 2.69. The summed E-state index contributed by atoms with van der Waals surface area (Å²) in [5.41, 5.74) is 0. The summed E-state index contributed by atoms with van der Waals surface area (Å²) in [5.74, 6) is 0. The van der Waals surface area contributed by atoms with Crippen molar-refractivity contribution >= 4 is 0 Å². The molecule has 0 bridgehead atoms. The Kier molecular flexibility index (Phi) is 3.05. The Bertz CT molecular complexity index is 65.0. The van der Waals surface area contributed by atoms with Crippen LogP contribution in [0.4, 0.5) is 0 Å². The molecule has 52 valence electrons. The van der Waals surface area contributed by atoms with E-state index in [1.807, 2.05) is 0 Å². The molecule has 0 spiro atoms. The standard InChI is InChI=1S/C8H15N/c1-2-3-6-9-7-4-5-8-9/h1H,2-8H2. The van der Waals surface area contributed by atoms with Crippen molar-refractivity contribution in [3.63, 3.8) is 0 Å². The van der Waals surface area contributed by atoms with E-state index in [0.29, 0.717) is 0 Å². The molecular weight excluding hydrogens is 110 g/mol. The van der Waals surface area contributed by atoms with Gasteiger partial charge in [-0.1, -0.05) is 0 Å². The Balaban J connectivity index is 1.98. The van der Waals surface area contributed by atoms with Crippen LogP contribution in [0.5, 0.6) is 0 Å². The minimum absolute atomic E-state index is 0.844. The maximum atomic E-state index is 5.38. The molecule has 1 heterocycles. The highest BCUT2D eigenvalue weighted by Crippen LogP contribution is 2.07. The van der Waals surface area contributed by atoms with Gasteiger partial charge in [0.15, 0.2) is 0 Å². The van der Waals surface area contributed by atoms with Gasteiger partial charge in [-0.2, -0.15) is 0 Å². The Morgan fingerprint density at radius 3 is 2.44 bits per heavy atom. The normalized spacial score (nSPS) is 21.0. The largest absolute Gasteiger partial charge is 0.303 e. The summed E-state index contributed by atoms with van der Waals surface area (Å²) in [5, 5.41) is 0. The van der Waals surface area contributed by atoms with Crippen molar-refractivity contribution < 1.29 is 0 Å². The minimum atomic E-state index is 0.844. The van der Waals surface area contributed by atoms with Crippen LogP contribution in [0.2, 0.25) is 0 Å². The van der Waals surface area contributed by atoms with Crippen molar-refractivity contribution in [1.29, 1.82) is 0 Å². The lowest BCUT2D eigenvalue weighted by atomic mass is 10.3. The summed E-state index contributed by atoms with van der Waals surface area (Å²) in [6.07, 6.45) is 4.80. The van der Waals surface area contributed by atoms with Gasteiger partial charge >= 0.3 is 0 Å². The first-order chi connectivity index (χ1) is 4.43. The number of hydrogen-bond donors (Lipinski definition) is 0.